The normalized spacial score (nSPS) is 13.0. The Balaban J connectivity index is 1.36. The number of ether oxygens (including phenoxy) is 1. The second kappa shape index (κ2) is 13.2. The Labute approximate surface area is 245 Å². The first-order chi connectivity index (χ1) is 20.4. The standard InChI is InChI=1S/C34H35FN4O3/c1-3-24-8-12-26(13-9-24)33(40)37-28-16-17-30(29(22-28)34(41)36-23-25-10-14-27(35)15-11-25)38-18-20-39(21-19-38)31-6-4-5-7-32(31)42-2/h4-17,22H,3,18-21,23H2,1-2H3,(H,36,41)(H,37,40). The van der Waals surface area contributed by atoms with E-state index in [0.717, 1.165) is 47.8 Å². The van der Waals surface area contributed by atoms with E-state index in [1.807, 2.05) is 42.5 Å². The molecule has 216 valence electrons. The number of carbonyl (C=O) groups excluding carboxylic acids is 2. The van der Waals surface area contributed by atoms with Crippen LogP contribution in [0.25, 0.3) is 0 Å². The zero-order chi connectivity index (χ0) is 29.5. The van der Waals surface area contributed by atoms with E-state index in [1.54, 1.807) is 37.4 Å². The average Bonchev–Trinajstić information content (AvgIpc) is 3.04. The summed E-state index contributed by atoms with van der Waals surface area (Å²) in [4.78, 5) is 31.0. The van der Waals surface area contributed by atoms with Crippen molar-refractivity contribution in [1.82, 2.24) is 5.32 Å². The molecule has 0 bridgehead atoms. The van der Waals surface area contributed by atoms with E-state index >= 15 is 0 Å². The van der Waals surface area contributed by atoms with Crippen molar-refractivity contribution in [3.63, 3.8) is 0 Å². The first-order valence-corrected chi connectivity index (χ1v) is 14.1. The lowest BCUT2D eigenvalue weighted by Gasteiger charge is -2.38. The smallest absolute Gasteiger partial charge is 0.255 e. The summed E-state index contributed by atoms with van der Waals surface area (Å²) in [5.41, 5.74) is 5.31. The fourth-order valence-electron chi connectivity index (χ4n) is 5.13. The van der Waals surface area contributed by atoms with Crippen molar-refractivity contribution in [1.29, 1.82) is 0 Å². The Morgan fingerprint density at radius 3 is 2.10 bits per heavy atom. The minimum absolute atomic E-state index is 0.242. The zero-order valence-corrected chi connectivity index (χ0v) is 23.9. The number of amides is 2. The van der Waals surface area contributed by atoms with Gasteiger partial charge < -0.3 is 25.2 Å². The van der Waals surface area contributed by atoms with Crippen molar-refractivity contribution in [2.45, 2.75) is 19.9 Å². The maximum Gasteiger partial charge on any atom is 0.255 e. The van der Waals surface area contributed by atoms with Crippen molar-refractivity contribution < 1.29 is 18.7 Å². The molecule has 1 aliphatic rings. The molecule has 0 aliphatic carbocycles. The van der Waals surface area contributed by atoms with Crippen LogP contribution in [0.5, 0.6) is 5.75 Å². The molecule has 0 aromatic heterocycles. The van der Waals surface area contributed by atoms with Gasteiger partial charge in [-0.25, -0.2) is 4.39 Å². The topological polar surface area (TPSA) is 73.9 Å². The molecule has 1 fully saturated rings. The van der Waals surface area contributed by atoms with E-state index in [9.17, 15) is 14.0 Å². The molecule has 0 atom stereocenters. The van der Waals surface area contributed by atoms with Crippen LogP contribution >= 0.6 is 0 Å². The van der Waals surface area contributed by atoms with Crippen molar-refractivity contribution in [2.24, 2.45) is 0 Å². The highest BCUT2D eigenvalue weighted by atomic mass is 19.1. The summed E-state index contributed by atoms with van der Waals surface area (Å²) in [6.07, 6.45) is 0.896. The molecule has 0 spiro atoms. The number of nitrogens with one attached hydrogen (secondary N) is 2. The molecular weight excluding hydrogens is 531 g/mol. The van der Waals surface area contributed by atoms with Crippen LogP contribution in [0.15, 0.2) is 91.0 Å². The van der Waals surface area contributed by atoms with E-state index in [0.29, 0.717) is 29.9 Å². The van der Waals surface area contributed by atoms with Crippen LogP contribution in [-0.2, 0) is 13.0 Å². The Morgan fingerprint density at radius 1 is 0.786 bits per heavy atom. The molecule has 1 heterocycles. The number of carbonyl (C=O) groups is 2. The predicted octanol–water partition coefficient (Wildman–Crippen LogP) is 5.91. The molecule has 2 N–H and O–H groups in total. The first-order valence-electron chi connectivity index (χ1n) is 14.1. The molecule has 4 aromatic rings. The lowest BCUT2D eigenvalue weighted by Crippen LogP contribution is -2.47. The maximum atomic E-state index is 13.5. The number of para-hydroxylation sites is 2. The fraction of sp³-hybridized carbons (Fsp3) is 0.235. The molecule has 0 unspecified atom stereocenters. The third-order valence-electron chi connectivity index (χ3n) is 7.54. The minimum atomic E-state index is -0.326. The number of hydrogen-bond donors (Lipinski definition) is 2. The second-order valence-corrected chi connectivity index (χ2v) is 10.2. The molecule has 8 heteroatoms. The summed E-state index contributed by atoms with van der Waals surface area (Å²) in [5.74, 6) is -0.0120. The van der Waals surface area contributed by atoms with Crippen LogP contribution in [0.1, 0.15) is 38.8 Å². The number of halogens is 1. The van der Waals surface area contributed by atoms with Gasteiger partial charge in [0, 0.05) is 49.7 Å². The van der Waals surface area contributed by atoms with Crippen LogP contribution < -0.4 is 25.2 Å². The van der Waals surface area contributed by atoms with Gasteiger partial charge in [0.05, 0.1) is 18.4 Å². The largest absolute Gasteiger partial charge is 0.495 e. The van der Waals surface area contributed by atoms with Crippen LogP contribution in [0.3, 0.4) is 0 Å². The van der Waals surface area contributed by atoms with Crippen molar-refractivity contribution >= 4 is 28.9 Å². The Morgan fingerprint density at radius 2 is 1.43 bits per heavy atom. The lowest BCUT2D eigenvalue weighted by molar-refractivity contribution is 0.0950. The number of benzene rings is 4. The van der Waals surface area contributed by atoms with Crippen molar-refractivity contribution in [3.8, 4) is 5.75 Å². The van der Waals surface area contributed by atoms with Gasteiger partial charge in [-0.15, -0.1) is 0 Å². The van der Waals surface area contributed by atoms with E-state index in [1.165, 1.54) is 12.1 Å². The molecule has 4 aromatic carbocycles. The predicted molar refractivity (Wildman–Crippen MR) is 165 cm³/mol. The third kappa shape index (κ3) is 6.71. The summed E-state index contributed by atoms with van der Waals surface area (Å²) in [6, 6.07) is 26.9. The summed E-state index contributed by atoms with van der Waals surface area (Å²) in [6.45, 7) is 5.22. The summed E-state index contributed by atoms with van der Waals surface area (Å²) in [5, 5.41) is 5.90. The van der Waals surface area contributed by atoms with Gasteiger partial charge in [0.1, 0.15) is 11.6 Å². The van der Waals surface area contributed by atoms with E-state index < -0.39 is 0 Å². The summed E-state index contributed by atoms with van der Waals surface area (Å²) < 4.78 is 18.9. The van der Waals surface area contributed by atoms with Gasteiger partial charge >= 0.3 is 0 Å². The Hall–Kier alpha value is -4.85. The van der Waals surface area contributed by atoms with E-state index in [2.05, 4.69) is 33.4 Å². The molecular formula is C34H35FN4O3. The van der Waals surface area contributed by atoms with Gasteiger partial charge in [-0.1, -0.05) is 43.3 Å². The van der Waals surface area contributed by atoms with Gasteiger partial charge in [0.2, 0.25) is 0 Å². The van der Waals surface area contributed by atoms with Crippen LogP contribution in [0.4, 0.5) is 21.5 Å². The average molecular weight is 567 g/mol. The SMILES string of the molecule is CCc1ccc(C(=O)Nc2ccc(N3CCN(c4ccccc4OC)CC3)c(C(=O)NCc3ccc(F)cc3)c2)cc1. The molecule has 2 amide bonds. The van der Waals surface area contributed by atoms with E-state index in [-0.39, 0.29) is 24.2 Å². The van der Waals surface area contributed by atoms with Gasteiger partial charge in [-0.2, -0.15) is 0 Å². The van der Waals surface area contributed by atoms with Crippen LogP contribution in [0, 0.1) is 5.82 Å². The molecule has 1 saturated heterocycles. The van der Waals surface area contributed by atoms with Crippen LogP contribution in [0.2, 0.25) is 0 Å². The lowest BCUT2D eigenvalue weighted by atomic mass is 10.1. The number of piperazine rings is 1. The number of aryl methyl sites for hydroxylation is 1. The maximum absolute atomic E-state index is 13.5. The van der Waals surface area contributed by atoms with Crippen molar-refractivity contribution in [3.05, 3.63) is 119 Å². The minimum Gasteiger partial charge on any atom is -0.495 e. The molecule has 5 rings (SSSR count). The van der Waals surface area contributed by atoms with E-state index in [4.69, 9.17) is 4.74 Å². The number of hydrogen-bond acceptors (Lipinski definition) is 5. The number of methoxy groups -OCH3 is 1. The summed E-state index contributed by atoms with van der Waals surface area (Å²) >= 11 is 0. The van der Waals surface area contributed by atoms with Gasteiger partial charge in [-0.3, -0.25) is 9.59 Å². The second-order valence-electron chi connectivity index (χ2n) is 10.2. The Bertz CT molecular complexity index is 1530. The van der Waals surface area contributed by atoms with Gasteiger partial charge in [0.15, 0.2) is 0 Å². The van der Waals surface area contributed by atoms with Crippen LogP contribution in [-0.4, -0.2) is 45.1 Å². The monoisotopic (exact) mass is 566 g/mol. The van der Waals surface area contributed by atoms with Crippen molar-refractivity contribution in [2.75, 3.05) is 48.4 Å². The molecule has 42 heavy (non-hydrogen) atoms. The number of nitrogens with zero attached hydrogens (tertiary/aromatic N) is 2. The molecule has 1 aliphatic heterocycles. The highest BCUT2D eigenvalue weighted by Crippen LogP contribution is 2.31. The first kappa shape index (κ1) is 28.7. The molecule has 0 radical (unpaired) electrons. The molecule has 0 saturated carbocycles. The quantitative estimate of drug-likeness (QED) is 0.264. The number of anilines is 3. The zero-order valence-electron chi connectivity index (χ0n) is 23.9. The van der Waals surface area contributed by atoms with Gasteiger partial charge in [-0.05, 0) is 72.1 Å². The Kier molecular flexibility index (Phi) is 9.02. The number of rotatable bonds is 9. The summed E-state index contributed by atoms with van der Waals surface area (Å²) in [7, 11) is 1.67. The van der Waals surface area contributed by atoms with Gasteiger partial charge in [0.25, 0.3) is 11.8 Å². The highest BCUT2D eigenvalue weighted by molar-refractivity contribution is 6.06. The highest BCUT2D eigenvalue weighted by Gasteiger charge is 2.24. The fourth-order valence-corrected chi connectivity index (χ4v) is 5.13. The molecule has 7 nitrogen and oxygen atoms in total. The third-order valence-corrected chi connectivity index (χ3v) is 7.54.